The maximum Gasteiger partial charge on any atom is 0.265 e. The monoisotopic (exact) mass is 384 g/mol. The fourth-order valence-electron chi connectivity index (χ4n) is 2.46. The van der Waals surface area contributed by atoms with Crippen molar-refractivity contribution < 1.29 is 13.5 Å². The van der Waals surface area contributed by atoms with E-state index in [9.17, 15) is 8.78 Å². The molecule has 9 nitrogen and oxygen atoms in total. The molecule has 0 spiro atoms. The quantitative estimate of drug-likeness (QED) is 0.544. The highest BCUT2D eigenvalue weighted by Crippen LogP contribution is 2.20. The number of aromatic amines is 1. The molecular weight excluding hydrogens is 370 g/mol. The first-order valence-electron chi connectivity index (χ1n) is 8.23. The lowest BCUT2D eigenvalue weighted by Crippen LogP contribution is -2.09. The average molecular weight is 384 g/mol. The molecule has 142 valence electrons. The van der Waals surface area contributed by atoms with E-state index in [0.717, 1.165) is 11.8 Å². The highest BCUT2D eigenvalue weighted by Gasteiger charge is 2.15. The number of rotatable bonds is 6. The smallest absolute Gasteiger partial charge is 0.265 e. The number of pyridine rings is 1. The van der Waals surface area contributed by atoms with Crippen molar-refractivity contribution in [2.75, 3.05) is 0 Å². The number of nitrogens with zero attached hydrogens (tertiary/aromatic N) is 7. The molecule has 0 amide bonds. The van der Waals surface area contributed by atoms with E-state index in [0.29, 0.717) is 28.8 Å². The minimum Gasteiger partial charge on any atom is -0.470 e. The first-order valence-corrected chi connectivity index (χ1v) is 8.23. The standard InChI is InChI=1S/C17H14F2N8O/c1-10-14(27(26-23-10)15-4-2-11(6-20-15)17(18)19)9-28-16-5-3-13(24-25-16)12-7-21-22-8-12/h2-8,17H,9H2,1H3,(H,21,22). The Bertz CT molecular complexity index is 1050. The van der Waals surface area contributed by atoms with Gasteiger partial charge in [0.1, 0.15) is 12.3 Å². The molecule has 4 heterocycles. The number of halogens is 2. The van der Waals surface area contributed by atoms with E-state index >= 15 is 0 Å². The fraction of sp³-hybridized carbons (Fsp3) is 0.176. The molecule has 0 aromatic carbocycles. The van der Waals surface area contributed by atoms with Crippen LogP contribution in [0.1, 0.15) is 23.4 Å². The molecule has 0 bridgehead atoms. The Morgan fingerprint density at radius 3 is 2.64 bits per heavy atom. The summed E-state index contributed by atoms with van der Waals surface area (Å²) in [6.07, 6.45) is 1.89. The second-order valence-electron chi connectivity index (χ2n) is 5.82. The van der Waals surface area contributed by atoms with Gasteiger partial charge in [-0.2, -0.15) is 9.78 Å². The summed E-state index contributed by atoms with van der Waals surface area (Å²) in [6, 6.07) is 6.21. The molecule has 4 rings (SSSR count). The Morgan fingerprint density at radius 2 is 2.00 bits per heavy atom. The van der Waals surface area contributed by atoms with Gasteiger partial charge in [-0.15, -0.1) is 15.3 Å². The van der Waals surface area contributed by atoms with E-state index in [2.05, 4.69) is 35.7 Å². The largest absolute Gasteiger partial charge is 0.470 e. The van der Waals surface area contributed by atoms with Crippen LogP contribution in [0.2, 0.25) is 0 Å². The van der Waals surface area contributed by atoms with Crippen LogP contribution >= 0.6 is 0 Å². The predicted molar refractivity (Wildman–Crippen MR) is 92.8 cm³/mol. The Hall–Kier alpha value is -3.76. The molecule has 0 saturated heterocycles. The van der Waals surface area contributed by atoms with Gasteiger partial charge < -0.3 is 4.74 Å². The van der Waals surface area contributed by atoms with Gasteiger partial charge in [0, 0.05) is 29.6 Å². The molecule has 4 aromatic rings. The Labute approximate surface area is 157 Å². The van der Waals surface area contributed by atoms with Crippen molar-refractivity contribution in [2.24, 2.45) is 0 Å². The molecule has 0 saturated carbocycles. The van der Waals surface area contributed by atoms with Crippen molar-refractivity contribution in [1.82, 2.24) is 40.4 Å². The van der Waals surface area contributed by atoms with Gasteiger partial charge in [0.25, 0.3) is 6.43 Å². The predicted octanol–water partition coefficient (Wildman–Crippen LogP) is 2.67. The topological polar surface area (TPSA) is 107 Å². The van der Waals surface area contributed by atoms with E-state index in [1.807, 2.05) is 0 Å². The Balaban J connectivity index is 1.50. The van der Waals surface area contributed by atoms with Crippen molar-refractivity contribution in [1.29, 1.82) is 0 Å². The lowest BCUT2D eigenvalue weighted by molar-refractivity contribution is 0.151. The van der Waals surface area contributed by atoms with Gasteiger partial charge >= 0.3 is 0 Å². The van der Waals surface area contributed by atoms with E-state index < -0.39 is 6.43 Å². The van der Waals surface area contributed by atoms with Crippen LogP contribution < -0.4 is 4.74 Å². The molecule has 0 unspecified atom stereocenters. The lowest BCUT2D eigenvalue weighted by Gasteiger charge is -2.08. The maximum atomic E-state index is 12.7. The van der Waals surface area contributed by atoms with Crippen LogP contribution in [-0.4, -0.2) is 40.4 Å². The molecule has 4 aromatic heterocycles. The number of ether oxygens (including phenoxy) is 1. The van der Waals surface area contributed by atoms with Gasteiger partial charge in [0.05, 0.1) is 17.6 Å². The summed E-state index contributed by atoms with van der Waals surface area (Å²) < 4.78 is 32.5. The normalized spacial score (nSPS) is 11.1. The van der Waals surface area contributed by atoms with Crippen LogP contribution in [-0.2, 0) is 6.61 Å². The molecule has 11 heteroatoms. The molecule has 0 aliphatic heterocycles. The van der Waals surface area contributed by atoms with Crippen molar-refractivity contribution in [3.05, 3.63) is 59.8 Å². The van der Waals surface area contributed by atoms with E-state index in [1.165, 1.54) is 16.8 Å². The third kappa shape index (κ3) is 3.54. The number of aryl methyl sites for hydroxylation is 1. The minimum absolute atomic E-state index is 0.108. The van der Waals surface area contributed by atoms with Crippen LogP contribution in [0.15, 0.2) is 42.9 Å². The number of nitrogens with one attached hydrogen (secondary N) is 1. The number of aromatic nitrogens is 8. The SMILES string of the molecule is Cc1nnn(-c2ccc(C(F)F)cn2)c1COc1ccc(-c2cn[nH]c2)nn1. The summed E-state index contributed by atoms with van der Waals surface area (Å²) in [5.41, 5.74) is 2.56. The molecule has 0 fully saturated rings. The first-order chi connectivity index (χ1) is 13.6. The van der Waals surface area contributed by atoms with Crippen LogP contribution in [0.4, 0.5) is 8.78 Å². The number of alkyl halides is 2. The highest BCUT2D eigenvalue weighted by molar-refractivity contribution is 5.55. The second kappa shape index (κ2) is 7.47. The minimum atomic E-state index is -2.58. The zero-order valence-electron chi connectivity index (χ0n) is 14.6. The molecule has 1 N–H and O–H groups in total. The van der Waals surface area contributed by atoms with Gasteiger partial charge in [-0.3, -0.25) is 5.10 Å². The average Bonchev–Trinajstić information content (AvgIpc) is 3.37. The van der Waals surface area contributed by atoms with Gasteiger partial charge in [0.2, 0.25) is 5.88 Å². The molecule has 0 radical (unpaired) electrons. The fourth-order valence-corrected chi connectivity index (χ4v) is 2.46. The Kier molecular flexibility index (Phi) is 4.70. The summed E-state index contributed by atoms with van der Waals surface area (Å²) in [5.74, 6) is 0.686. The van der Waals surface area contributed by atoms with Gasteiger partial charge in [-0.05, 0) is 25.1 Å². The van der Waals surface area contributed by atoms with Crippen LogP contribution in [0.25, 0.3) is 17.1 Å². The van der Waals surface area contributed by atoms with E-state index in [1.54, 1.807) is 31.5 Å². The number of hydrogen-bond donors (Lipinski definition) is 1. The zero-order valence-corrected chi connectivity index (χ0v) is 14.6. The zero-order chi connectivity index (χ0) is 19.5. The second-order valence-corrected chi connectivity index (χ2v) is 5.82. The molecule has 0 atom stereocenters. The lowest BCUT2D eigenvalue weighted by atomic mass is 10.2. The third-order valence-electron chi connectivity index (χ3n) is 3.99. The van der Waals surface area contributed by atoms with Gasteiger partial charge in [-0.25, -0.2) is 13.8 Å². The van der Waals surface area contributed by atoms with Gasteiger partial charge in [-0.1, -0.05) is 5.21 Å². The van der Waals surface area contributed by atoms with Gasteiger partial charge in [0.15, 0.2) is 5.82 Å². The van der Waals surface area contributed by atoms with Crippen LogP contribution in [0.5, 0.6) is 5.88 Å². The number of hydrogen-bond acceptors (Lipinski definition) is 7. The molecule has 28 heavy (non-hydrogen) atoms. The van der Waals surface area contributed by atoms with Crippen LogP contribution in [0.3, 0.4) is 0 Å². The summed E-state index contributed by atoms with van der Waals surface area (Å²) in [5, 5.41) is 22.7. The Morgan fingerprint density at radius 1 is 1.11 bits per heavy atom. The first kappa shape index (κ1) is 17.6. The van der Waals surface area contributed by atoms with Crippen molar-refractivity contribution in [3.8, 4) is 23.0 Å². The van der Waals surface area contributed by atoms with Crippen molar-refractivity contribution in [2.45, 2.75) is 20.0 Å². The summed E-state index contributed by atoms with van der Waals surface area (Å²) >= 11 is 0. The van der Waals surface area contributed by atoms with E-state index in [-0.39, 0.29) is 12.2 Å². The maximum absolute atomic E-state index is 12.7. The molecule has 0 aliphatic rings. The summed E-state index contributed by atoms with van der Waals surface area (Å²) in [6.45, 7) is 1.88. The number of H-pyrrole nitrogens is 1. The summed E-state index contributed by atoms with van der Waals surface area (Å²) in [7, 11) is 0. The van der Waals surface area contributed by atoms with Crippen molar-refractivity contribution >= 4 is 0 Å². The highest BCUT2D eigenvalue weighted by atomic mass is 19.3. The van der Waals surface area contributed by atoms with Crippen LogP contribution in [0, 0.1) is 6.92 Å². The van der Waals surface area contributed by atoms with Crippen molar-refractivity contribution in [3.63, 3.8) is 0 Å². The van der Waals surface area contributed by atoms with E-state index in [4.69, 9.17) is 4.74 Å². The molecule has 0 aliphatic carbocycles. The summed E-state index contributed by atoms with van der Waals surface area (Å²) in [4.78, 5) is 4.03. The molecular formula is C17H14F2N8O. The third-order valence-corrected chi connectivity index (χ3v) is 3.99.